The number of aliphatic hydroxyl groups is 1. The predicted molar refractivity (Wildman–Crippen MR) is 136 cm³/mol. The Bertz CT molecular complexity index is 891. The third-order valence-corrected chi connectivity index (χ3v) is 7.56. The van der Waals surface area contributed by atoms with Crippen LogP contribution in [0.1, 0.15) is 70.9 Å². The molecule has 1 aromatic rings. The number of benzene rings is 1. The lowest BCUT2D eigenvalue weighted by atomic mass is 9.87. The molecule has 8 nitrogen and oxygen atoms in total. The Hall–Kier alpha value is -2.45. The molecule has 3 rings (SSSR count). The Morgan fingerprint density at radius 2 is 1.77 bits per heavy atom. The minimum Gasteiger partial charge on any atom is -0.396 e. The third-order valence-electron chi connectivity index (χ3n) is 7.56. The van der Waals surface area contributed by atoms with Gasteiger partial charge in [-0.15, -0.1) is 0 Å². The van der Waals surface area contributed by atoms with E-state index in [0.717, 1.165) is 12.0 Å². The van der Waals surface area contributed by atoms with E-state index >= 15 is 0 Å². The van der Waals surface area contributed by atoms with E-state index in [9.17, 15) is 19.5 Å². The highest BCUT2D eigenvalue weighted by Gasteiger charge is 2.47. The number of carbonyl (C=O) groups excluding carboxylic acids is 3. The van der Waals surface area contributed by atoms with E-state index in [1.807, 2.05) is 19.1 Å². The van der Waals surface area contributed by atoms with Crippen molar-refractivity contribution in [1.29, 1.82) is 0 Å². The van der Waals surface area contributed by atoms with E-state index < -0.39 is 18.1 Å². The Kier molecular flexibility index (Phi) is 8.94. The van der Waals surface area contributed by atoms with Crippen molar-refractivity contribution in [2.75, 3.05) is 13.7 Å². The summed E-state index contributed by atoms with van der Waals surface area (Å²) >= 11 is 0. The monoisotopic (exact) mass is 486 g/mol. The molecule has 2 aliphatic heterocycles. The van der Waals surface area contributed by atoms with Crippen molar-refractivity contribution in [1.82, 2.24) is 20.9 Å². The number of nitrogens with one attached hydrogen (secondary N) is 3. The van der Waals surface area contributed by atoms with Crippen LogP contribution in [0.25, 0.3) is 0 Å². The average molecular weight is 487 g/mol. The summed E-state index contributed by atoms with van der Waals surface area (Å²) < 4.78 is 0. The number of hydrogen-bond acceptors (Lipinski definition) is 5. The molecule has 2 heterocycles. The molecule has 2 fully saturated rings. The van der Waals surface area contributed by atoms with Gasteiger partial charge in [-0.25, -0.2) is 0 Å². The van der Waals surface area contributed by atoms with E-state index in [1.165, 1.54) is 5.56 Å². The maximum Gasteiger partial charge on any atom is 0.246 e. The van der Waals surface area contributed by atoms with Crippen LogP contribution in [-0.2, 0) is 26.3 Å². The second-order valence-electron chi connectivity index (χ2n) is 10.9. The average Bonchev–Trinajstić information content (AvgIpc) is 3.21. The first kappa shape index (κ1) is 27.1. The van der Waals surface area contributed by atoms with Gasteiger partial charge in [0.25, 0.3) is 0 Å². The molecule has 8 heteroatoms. The lowest BCUT2D eigenvalue weighted by molar-refractivity contribution is -0.144. The molecule has 0 saturated carbocycles. The minimum absolute atomic E-state index is 0.0495. The van der Waals surface area contributed by atoms with Gasteiger partial charge in [-0.3, -0.25) is 14.4 Å². The Morgan fingerprint density at radius 3 is 2.34 bits per heavy atom. The molecule has 2 saturated heterocycles. The number of carbonyl (C=O) groups is 3. The quantitative estimate of drug-likeness (QED) is 0.448. The van der Waals surface area contributed by atoms with Crippen molar-refractivity contribution in [3.63, 3.8) is 0 Å². The van der Waals surface area contributed by atoms with Crippen LogP contribution in [0.4, 0.5) is 0 Å². The number of hydrogen-bond donors (Lipinski definition) is 4. The second kappa shape index (κ2) is 11.5. The maximum absolute atomic E-state index is 13.7. The molecule has 4 N–H and O–H groups in total. The summed E-state index contributed by atoms with van der Waals surface area (Å²) in [6.45, 7) is 8.60. The van der Waals surface area contributed by atoms with Crippen LogP contribution >= 0.6 is 0 Å². The summed E-state index contributed by atoms with van der Waals surface area (Å²) in [6.07, 6.45) is 3.27. The van der Waals surface area contributed by atoms with Gasteiger partial charge in [0.05, 0.1) is 6.04 Å². The zero-order chi connectivity index (χ0) is 25.8. The summed E-state index contributed by atoms with van der Waals surface area (Å²) in [5.41, 5.74) is 2.30. The van der Waals surface area contributed by atoms with Crippen molar-refractivity contribution >= 4 is 17.7 Å². The van der Waals surface area contributed by atoms with Crippen molar-refractivity contribution in [2.45, 2.75) is 95.9 Å². The third kappa shape index (κ3) is 6.22. The molecule has 0 unspecified atom stereocenters. The fraction of sp³-hybridized carbons (Fsp3) is 0.667. The summed E-state index contributed by atoms with van der Waals surface area (Å²) in [4.78, 5) is 41.3. The summed E-state index contributed by atoms with van der Waals surface area (Å²) in [5.74, 6) is -1.06. The molecule has 0 spiro atoms. The zero-order valence-electron chi connectivity index (χ0n) is 21.8. The molecular formula is C27H42N4O4. The zero-order valence-corrected chi connectivity index (χ0v) is 21.8. The number of rotatable bonds is 8. The van der Waals surface area contributed by atoms with Crippen LogP contribution < -0.4 is 16.0 Å². The Morgan fingerprint density at radius 1 is 1.11 bits per heavy atom. The lowest BCUT2D eigenvalue weighted by Gasteiger charge is -2.32. The summed E-state index contributed by atoms with van der Waals surface area (Å²) in [6, 6.07) is 6.36. The molecule has 2 aliphatic rings. The van der Waals surface area contributed by atoms with Crippen molar-refractivity contribution in [3.05, 3.63) is 35.4 Å². The largest absolute Gasteiger partial charge is 0.396 e. The highest BCUT2D eigenvalue weighted by molar-refractivity contribution is 5.94. The van der Waals surface area contributed by atoms with E-state index in [-0.39, 0.29) is 41.7 Å². The SMILES string of the molecule is CC[C@H](NC)C(=O)N[C@@H]1C(=O)N2[C@@H](CC[C@@H]1CO)CC[C@H]2C(=O)NCc1ccc(C(C)(C)C)cc1. The molecule has 0 radical (unpaired) electrons. The molecule has 1 aromatic carbocycles. The van der Waals surface area contributed by atoms with Crippen LogP contribution in [0, 0.1) is 5.92 Å². The van der Waals surface area contributed by atoms with Crippen LogP contribution in [-0.4, -0.2) is 65.5 Å². The molecule has 0 bridgehead atoms. The Labute approximate surface area is 209 Å². The van der Waals surface area contributed by atoms with E-state index in [1.54, 1.807) is 11.9 Å². The van der Waals surface area contributed by atoms with E-state index in [2.05, 4.69) is 48.9 Å². The molecule has 5 atom stereocenters. The van der Waals surface area contributed by atoms with Crippen molar-refractivity contribution in [2.24, 2.45) is 5.92 Å². The van der Waals surface area contributed by atoms with Gasteiger partial charge in [-0.2, -0.15) is 0 Å². The Balaban J connectivity index is 1.71. The van der Waals surface area contributed by atoms with Gasteiger partial charge in [0.15, 0.2) is 0 Å². The number of nitrogens with zero attached hydrogens (tertiary/aromatic N) is 1. The lowest BCUT2D eigenvalue weighted by Crippen LogP contribution is -2.58. The van der Waals surface area contributed by atoms with Gasteiger partial charge in [0.2, 0.25) is 17.7 Å². The van der Waals surface area contributed by atoms with E-state index in [0.29, 0.717) is 32.2 Å². The van der Waals surface area contributed by atoms with Crippen molar-refractivity contribution < 1.29 is 19.5 Å². The molecule has 3 amide bonds. The minimum atomic E-state index is -0.835. The van der Waals surface area contributed by atoms with Crippen LogP contribution in [0.3, 0.4) is 0 Å². The fourth-order valence-corrected chi connectivity index (χ4v) is 5.27. The number of aliphatic hydroxyl groups excluding tert-OH is 1. The molecule has 35 heavy (non-hydrogen) atoms. The molecular weight excluding hydrogens is 444 g/mol. The van der Waals surface area contributed by atoms with Crippen LogP contribution in [0.5, 0.6) is 0 Å². The van der Waals surface area contributed by atoms with Gasteiger partial charge < -0.3 is 26.0 Å². The first-order chi connectivity index (χ1) is 16.6. The predicted octanol–water partition coefficient (Wildman–Crippen LogP) is 1.85. The summed E-state index contributed by atoms with van der Waals surface area (Å²) in [7, 11) is 1.71. The maximum atomic E-state index is 13.7. The smallest absolute Gasteiger partial charge is 0.246 e. The normalized spacial score (nSPS) is 25.5. The molecule has 0 aromatic heterocycles. The highest BCUT2D eigenvalue weighted by Crippen LogP contribution is 2.34. The fourth-order valence-electron chi connectivity index (χ4n) is 5.27. The molecule has 0 aliphatic carbocycles. The first-order valence-electron chi connectivity index (χ1n) is 12.9. The highest BCUT2D eigenvalue weighted by atomic mass is 16.3. The second-order valence-corrected chi connectivity index (χ2v) is 10.9. The van der Waals surface area contributed by atoms with Crippen LogP contribution in [0.2, 0.25) is 0 Å². The number of amides is 3. The van der Waals surface area contributed by atoms with Gasteiger partial charge in [0.1, 0.15) is 12.1 Å². The summed E-state index contributed by atoms with van der Waals surface area (Å²) in [5, 5.41) is 18.8. The van der Waals surface area contributed by atoms with Gasteiger partial charge in [-0.05, 0) is 55.7 Å². The first-order valence-corrected chi connectivity index (χ1v) is 12.9. The van der Waals surface area contributed by atoms with Gasteiger partial charge >= 0.3 is 0 Å². The van der Waals surface area contributed by atoms with Gasteiger partial charge in [-0.1, -0.05) is 52.0 Å². The van der Waals surface area contributed by atoms with Crippen molar-refractivity contribution in [3.8, 4) is 0 Å². The van der Waals surface area contributed by atoms with Gasteiger partial charge in [0, 0.05) is 25.1 Å². The number of likely N-dealkylation sites (N-methyl/N-ethyl adjacent to an activating group) is 1. The standard InChI is InChI=1S/C27H42N4O4/c1-6-21(28-5)24(33)30-23-18(16-32)9-12-20-13-14-22(31(20)26(23)35)25(34)29-15-17-7-10-19(11-8-17)27(2,3)4/h7-8,10-11,18,20-23,28,32H,6,9,12-16H2,1-5H3,(H,29,34)(H,30,33)/t18-,20+,21+,22+,23+/m1/s1. The topological polar surface area (TPSA) is 111 Å². The van der Waals surface area contributed by atoms with Crippen LogP contribution in [0.15, 0.2) is 24.3 Å². The van der Waals surface area contributed by atoms with E-state index in [4.69, 9.17) is 0 Å². The molecule has 194 valence electrons. The number of fused-ring (bicyclic) bond motifs is 1.